The first-order valence-electron chi connectivity index (χ1n) is 15.1. The van der Waals surface area contributed by atoms with Crippen LogP contribution in [0.4, 0.5) is 5.69 Å². The zero-order valence-corrected chi connectivity index (χ0v) is 25.5. The van der Waals surface area contributed by atoms with Crippen LogP contribution in [0.3, 0.4) is 0 Å². The molecular formula is C37H39NO6. The number of non-ortho nitro benzene ring substituents is 1. The molecule has 0 aliphatic heterocycles. The average Bonchev–Trinajstić information content (AvgIpc) is 2.99. The van der Waals surface area contributed by atoms with Crippen molar-refractivity contribution in [3.8, 4) is 11.5 Å². The highest BCUT2D eigenvalue weighted by Crippen LogP contribution is 2.54. The van der Waals surface area contributed by atoms with Crippen LogP contribution >= 0.6 is 0 Å². The standard InChI is InChI=1S/C37H39NO6/c1-26(11-10-14-27-12-6-4-7-13-27)44-32-21-29-23-36(2,3)25-37(35(39)40,30-15-8-5-9-16-30)34(29)33(22-32)43-24-28-17-19-31(20-18-28)38(41)42/h4-9,12-13,15-22,26H,10-11,14,23-25H2,1-3H3,(H,39,40). The second-order valence-corrected chi connectivity index (χ2v) is 12.6. The summed E-state index contributed by atoms with van der Waals surface area (Å²) in [7, 11) is 0. The summed E-state index contributed by atoms with van der Waals surface area (Å²) in [5.74, 6) is 0.162. The fraction of sp³-hybridized carbons (Fsp3) is 0.324. The third-order valence-electron chi connectivity index (χ3n) is 8.43. The molecule has 0 radical (unpaired) electrons. The number of aliphatic carboxylic acids is 1. The van der Waals surface area contributed by atoms with E-state index in [0.29, 0.717) is 35.5 Å². The van der Waals surface area contributed by atoms with E-state index in [1.54, 1.807) is 12.1 Å². The highest BCUT2D eigenvalue weighted by molar-refractivity contribution is 5.88. The maximum Gasteiger partial charge on any atom is 0.318 e. The number of carbonyl (C=O) groups is 1. The number of carboxylic acid groups (broad SMARTS) is 1. The molecule has 0 spiro atoms. The fourth-order valence-corrected chi connectivity index (χ4v) is 6.51. The minimum atomic E-state index is -1.33. The first kappa shape index (κ1) is 30.8. The molecule has 0 saturated heterocycles. The molecule has 2 atom stereocenters. The lowest BCUT2D eigenvalue weighted by atomic mass is 9.58. The number of carboxylic acids is 1. The van der Waals surface area contributed by atoms with E-state index < -0.39 is 16.3 Å². The summed E-state index contributed by atoms with van der Waals surface area (Å²) in [4.78, 5) is 24.1. The number of nitro groups is 1. The summed E-state index contributed by atoms with van der Waals surface area (Å²) in [6, 6.07) is 29.8. The molecule has 1 aliphatic rings. The molecule has 0 saturated carbocycles. The third kappa shape index (κ3) is 6.77. The second kappa shape index (κ2) is 12.9. The van der Waals surface area contributed by atoms with Crippen LogP contribution in [0.25, 0.3) is 0 Å². The quantitative estimate of drug-likeness (QED) is 0.131. The van der Waals surface area contributed by atoms with Gasteiger partial charge in [-0.2, -0.15) is 0 Å². The van der Waals surface area contributed by atoms with E-state index in [-0.39, 0.29) is 23.8 Å². The minimum Gasteiger partial charge on any atom is -0.491 e. The Balaban J connectivity index is 1.51. The number of ether oxygens (including phenoxy) is 2. The van der Waals surface area contributed by atoms with Crippen molar-refractivity contribution in [1.82, 2.24) is 0 Å². The van der Waals surface area contributed by atoms with Crippen molar-refractivity contribution in [2.45, 2.75) is 71.0 Å². The van der Waals surface area contributed by atoms with Gasteiger partial charge in [-0.25, -0.2) is 0 Å². The monoisotopic (exact) mass is 593 g/mol. The summed E-state index contributed by atoms with van der Waals surface area (Å²) < 4.78 is 12.9. The number of nitro benzene ring substituents is 1. The topological polar surface area (TPSA) is 98.9 Å². The Morgan fingerprint density at radius 3 is 2.25 bits per heavy atom. The van der Waals surface area contributed by atoms with Crippen LogP contribution in [-0.4, -0.2) is 22.1 Å². The molecule has 0 amide bonds. The lowest BCUT2D eigenvalue weighted by Crippen LogP contribution is -2.46. The van der Waals surface area contributed by atoms with Crippen LogP contribution in [0.2, 0.25) is 0 Å². The minimum absolute atomic E-state index is 0.000943. The number of fused-ring (bicyclic) bond motifs is 1. The molecule has 0 heterocycles. The summed E-state index contributed by atoms with van der Waals surface area (Å²) in [6.45, 7) is 6.38. The van der Waals surface area contributed by atoms with Crippen LogP contribution in [0.15, 0.2) is 97.1 Å². The molecule has 5 rings (SSSR count). The number of nitrogens with zero attached hydrogens (tertiary/aromatic N) is 1. The van der Waals surface area contributed by atoms with Crippen molar-refractivity contribution in [2.24, 2.45) is 5.41 Å². The molecule has 1 N–H and O–H groups in total. The zero-order chi connectivity index (χ0) is 31.3. The van der Waals surface area contributed by atoms with Crippen molar-refractivity contribution in [1.29, 1.82) is 0 Å². The molecular weight excluding hydrogens is 554 g/mol. The second-order valence-electron chi connectivity index (χ2n) is 12.6. The van der Waals surface area contributed by atoms with Gasteiger partial charge in [-0.3, -0.25) is 14.9 Å². The highest BCUT2D eigenvalue weighted by atomic mass is 16.6. The van der Waals surface area contributed by atoms with Crippen molar-refractivity contribution >= 4 is 11.7 Å². The van der Waals surface area contributed by atoms with Gasteiger partial charge in [0.15, 0.2) is 0 Å². The molecule has 2 unspecified atom stereocenters. The molecule has 44 heavy (non-hydrogen) atoms. The molecule has 4 aromatic rings. The lowest BCUT2D eigenvalue weighted by molar-refractivity contribution is -0.384. The molecule has 7 nitrogen and oxygen atoms in total. The first-order chi connectivity index (χ1) is 21.1. The van der Waals surface area contributed by atoms with Crippen molar-refractivity contribution in [3.05, 3.63) is 135 Å². The summed E-state index contributed by atoms with van der Waals surface area (Å²) in [5.41, 5.74) is 2.62. The number of hydrogen-bond acceptors (Lipinski definition) is 5. The molecule has 0 fully saturated rings. The SMILES string of the molecule is CC(CCCc1ccccc1)Oc1cc2c(c(OCc3ccc([N+](=O)[O-])cc3)c1)C(C(=O)O)(c1ccccc1)CC(C)(C)C2. The van der Waals surface area contributed by atoms with Gasteiger partial charge < -0.3 is 14.6 Å². The molecule has 4 aromatic carbocycles. The molecule has 0 aromatic heterocycles. The number of aryl methyl sites for hydroxylation is 1. The maximum atomic E-state index is 13.4. The van der Waals surface area contributed by atoms with Gasteiger partial charge in [-0.1, -0.05) is 74.5 Å². The Morgan fingerprint density at radius 1 is 0.955 bits per heavy atom. The van der Waals surface area contributed by atoms with E-state index in [9.17, 15) is 20.0 Å². The number of benzene rings is 4. The molecule has 0 bridgehead atoms. The molecule has 1 aliphatic carbocycles. The largest absolute Gasteiger partial charge is 0.491 e. The van der Waals surface area contributed by atoms with Crippen molar-refractivity contribution < 1.29 is 24.3 Å². The maximum absolute atomic E-state index is 13.4. The van der Waals surface area contributed by atoms with Gasteiger partial charge in [0, 0.05) is 23.8 Å². The van der Waals surface area contributed by atoms with Crippen molar-refractivity contribution in [2.75, 3.05) is 0 Å². The van der Waals surface area contributed by atoms with Gasteiger partial charge >= 0.3 is 5.97 Å². The third-order valence-corrected chi connectivity index (χ3v) is 8.43. The van der Waals surface area contributed by atoms with Crippen LogP contribution in [0.5, 0.6) is 11.5 Å². The Morgan fingerprint density at radius 2 is 1.61 bits per heavy atom. The van der Waals surface area contributed by atoms with Gasteiger partial charge in [0.2, 0.25) is 0 Å². The number of rotatable bonds is 12. The number of hydrogen-bond donors (Lipinski definition) is 1. The van der Waals surface area contributed by atoms with E-state index in [1.165, 1.54) is 17.7 Å². The van der Waals surface area contributed by atoms with E-state index in [0.717, 1.165) is 30.4 Å². The fourth-order valence-electron chi connectivity index (χ4n) is 6.51. The highest BCUT2D eigenvalue weighted by Gasteiger charge is 2.52. The molecule has 228 valence electrons. The van der Waals surface area contributed by atoms with Gasteiger partial charge in [0.1, 0.15) is 23.5 Å². The summed E-state index contributed by atoms with van der Waals surface area (Å²) >= 11 is 0. The Bertz CT molecular complexity index is 1600. The predicted octanol–water partition coefficient (Wildman–Crippen LogP) is 8.31. The van der Waals surface area contributed by atoms with E-state index >= 15 is 0 Å². The predicted molar refractivity (Wildman–Crippen MR) is 170 cm³/mol. The van der Waals surface area contributed by atoms with Crippen LogP contribution < -0.4 is 9.47 Å². The van der Waals surface area contributed by atoms with Crippen LogP contribution in [-0.2, 0) is 29.7 Å². The smallest absolute Gasteiger partial charge is 0.318 e. The Hall–Kier alpha value is -4.65. The van der Waals surface area contributed by atoms with Gasteiger partial charge in [0.25, 0.3) is 5.69 Å². The van der Waals surface area contributed by atoms with Crippen LogP contribution in [0.1, 0.15) is 67.9 Å². The molecule has 7 heteroatoms. The zero-order valence-electron chi connectivity index (χ0n) is 25.5. The van der Waals surface area contributed by atoms with Crippen molar-refractivity contribution in [3.63, 3.8) is 0 Å². The Labute approximate surface area is 258 Å². The van der Waals surface area contributed by atoms with E-state index in [1.807, 2.05) is 48.5 Å². The van der Waals surface area contributed by atoms with Gasteiger partial charge in [-0.15, -0.1) is 0 Å². The van der Waals surface area contributed by atoms with Gasteiger partial charge in [-0.05, 0) is 84.9 Å². The Kier molecular flexibility index (Phi) is 9.04. The lowest BCUT2D eigenvalue weighted by Gasteiger charge is -2.44. The normalized spacial score (nSPS) is 17.7. The summed E-state index contributed by atoms with van der Waals surface area (Å²) in [5, 5.41) is 22.1. The summed E-state index contributed by atoms with van der Waals surface area (Å²) in [6.07, 6.45) is 3.81. The van der Waals surface area contributed by atoms with Gasteiger partial charge in [0.05, 0.1) is 11.0 Å². The van der Waals surface area contributed by atoms with E-state index in [2.05, 4.69) is 45.0 Å². The first-order valence-corrected chi connectivity index (χ1v) is 15.1. The van der Waals surface area contributed by atoms with E-state index in [4.69, 9.17) is 9.47 Å². The van der Waals surface area contributed by atoms with Crippen LogP contribution in [0, 0.1) is 15.5 Å². The average molecular weight is 594 g/mol.